The first kappa shape index (κ1) is 22.6. The van der Waals surface area contributed by atoms with Crippen molar-refractivity contribution in [2.75, 3.05) is 0 Å². The molecule has 0 aromatic heterocycles. The van der Waals surface area contributed by atoms with Crippen molar-refractivity contribution >= 4 is 39.9 Å². The zero-order chi connectivity index (χ0) is 21.1. The molecular formula is C22H29N3O3S. The van der Waals surface area contributed by atoms with Crippen LogP contribution in [-0.2, 0) is 9.59 Å². The van der Waals surface area contributed by atoms with Crippen LogP contribution < -0.4 is 20.9 Å². The van der Waals surface area contributed by atoms with E-state index in [9.17, 15) is 9.59 Å². The lowest BCUT2D eigenvalue weighted by Crippen LogP contribution is -2.51. The van der Waals surface area contributed by atoms with Gasteiger partial charge in [-0.3, -0.25) is 20.4 Å². The maximum Gasteiger partial charge on any atom is 0.279 e. The van der Waals surface area contributed by atoms with Crippen molar-refractivity contribution < 1.29 is 14.3 Å². The highest BCUT2D eigenvalue weighted by Crippen LogP contribution is 2.21. The molecular weight excluding hydrogens is 386 g/mol. The van der Waals surface area contributed by atoms with E-state index in [4.69, 9.17) is 17.0 Å². The molecule has 2 aromatic carbocycles. The number of fused-ring (bicyclic) bond motifs is 1. The van der Waals surface area contributed by atoms with Gasteiger partial charge in [0, 0.05) is 6.42 Å². The number of benzene rings is 2. The molecule has 0 spiro atoms. The number of hydrogen-bond donors (Lipinski definition) is 3. The number of nitrogens with one attached hydrogen (secondary N) is 3. The minimum absolute atomic E-state index is 0.0646. The molecule has 1 unspecified atom stereocenters. The second-order valence-electron chi connectivity index (χ2n) is 6.92. The van der Waals surface area contributed by atoms with Crippen LogP contribution in [0, 0.1) is 0 Å². The number of ether oxygens (including phenoxy) is 1. The standard InChI is InChI=1S/C22H29N3O3S/c1-3-4-5-6-7-12-20(26)23-22(29)25-24-21(27)16(2)28-19-14-13-17-10-8-9-11-18(17)15-19/h8-11,13-16H,3-7,12H2,1-2H3,(H,24,27)(H2,23,25,26,29). The van der Waals surface area contributed by atoms with Crippen molar-refractivity contribution in [2.24, 2.45) is 0 Å². The Kier molecular flexibility index (Phi) is 9.37. The largest absolute Gasteiger partial charge is 0.481 e. The number of thiocarbonyl (C=S) groups is 1. The predicted octanol–water partition coefficient (Wildman–Crippen LogP) is 3.99. The summed E-state index contributed by atoms with van der Waals surface area (Å²) in [5.74, 6) is 0.0494. The lowest BCUT2D eigenvalue weighted by molar-refractivity contribution is -0.128. The first-order valence-corrected chi connectivity index (χ1v) is 10.5. The fraction of sp³-hybridized carbons (Fsp3) is 0.409. The Morgan fingerprint density at radius 1 is 1.00 bits per heavy atom. The van der Waals surface area contributed by atoms with E-state index in [2.05, 4.69) is 23.1 Å². The minimum atomic E-state index is -0.735. The highest BCUT2D eigenvalue weighted by molar-refractivity contribution is 7.80. The molecule has 0 heterocycles. The van der Waals surface area contributed by atoms with Crippen LogP contribution in [0.15, 0.2) is 42.5 Å². The van der Waals surface area contributed by atoms with E-state index in [0.717, 1.165) is 30.0 Å². The average Bonchev–Trinajstić information content (AvgIpc) is 2.71. The Morgan fingerprint density at radius 2 is 1.72 bits per heavy atom. The number of carbonyl (C=O) groups is 2. The Morgan fingerprint density at radius 3 is 2.48 bits per heavy atom. The summed E-state index contributed by atoms with van der Waals surface area (Å²) in [4.78, 5) is 24.0. The van der Waals surface area contributed by atoms with Crippen molar-refractivity contribution in [3.8, 4) is 5.75 Å². The highest BCUT2D eigenvalue weighted by atomic mass is 32.1. The summed E-state index contributed by atoms with van der Waals surface area (Å²) in [6.07, 6.45) is 5.04. The van der Waals surface area contributed by atoms with Gasteiger partial charge >= 0.3 is 0 Å². The lowest BCUT2D eigenvalue weighted by Gasteiger charge is -2.16. The van der Waals surface area contributed by atoms with Gasteiger partial charge in [0.05, 0.1) is 0 Å². The molecule has 1 atom stereocenters. The van der Waals surface area contributed by atoms with E-state index < -0.39 is 12.0 Å². The van der Waals surface area contributed by atoms with E-state index >= 15 is 0 Å². The van der Waals surface area contributed by atoms with Crippen LogP contribution in [0.5, 0.6) is 5.75 Å². The third-order valence-electron chi connectivity index (χ3n) is 4.46. The van der Waals surface area contributed by atoms with Gasteiger partial charge in [-0.1, -0.05) is 62.9 Å². The molecule has 0 fully saturated rings. The molecule has 29 heavy (non-hydrogen) atoms. The average molecular weight is 416 g/mol. The number of carbonyl (C=O) groups excluding carboxylic acids is 2. The zero-order valence-corrected chi connectivity index (χ0v) is 17.8. The predicted molar refractivity (Wildman–Crippen MR) is 119 cm³/mol. The van der Waals surface area contributed by atoms with Gasteiger partial charge < -0.3 is 10.1 Å². The summed E-state index contributed by atoms with van der Waals surface area (Å²) in [6, 6.07) is 13.6. The third-order valence-corrected chi connectivity index (χ3v) is 4.67. The number of hydrogen-bond acceptors (Lipinski definition) is 4. The summed E-state index contributed by atoms with van der Waals surface area (Å²) in [5.41, 5.74) is 5.00. The minimum Gasteiger partial charge on any atom is -0.481 e. The molecule has 0 bridgehead atoms. The van der Waals surface area contributed by atoms with Crippen molar-refractivity contribution in [3.63, 3.8) is 0 Å². The molecule has 0 aliphatic rings. The molecule has 3 N–H and O–H groups in total. The quantitative estimate of drug-likeness (QED) is 0.328. The fourth-order valence-corrected chi connectivity index (χ4v) is 2.99. The summed E-state index contributed by atoms with van der Waals surface area (Å²) in [6.45, 7) is 3.79. The molecule has 2 amide bonds. The van der Waals surface area contributed by atoms with Crippen LogP contribution in [0.3, 0.4) is 0 Å². The van der Waals surface area contributed by atoms with Gasteiger partial charge in [0.25, 0.3) is 5.91 Å². The molecule has 0 aliphatic heterocycles. The van der Waals surface area contributed by atoms with E-state index in [1.54, 1.807) is 6.92 Å². The molecule has 7 heteroatoms. The third kappa shape index (κ3) is 8.07. The van der Waals surface area contributed by atoms with Crippen LogP contribution in [0.1, 0.15) is 52.4 Å². The first-order chi connectivity index (χ1) is 14.0. The zero-order valence-electron chi connectivity index (χ0n) is 17.0. The fourth-order valence-electron chi connectivity index (χ4n) is 2.83. The molecule has 2 rings (SSSR count). The van der Waals surface area contributed by atoms with Crippen molar-refractivity contribution in [1.82, 2.24) is 16.2 Å². The molecule has 0 radical (unpaired) electrons. The van der Waals surface area contributed by atoms with E-state index in [1.165, 1.54) is 12.8 Å². The van der Waals surface area contributed by atoms with Gasteiger partial charge in [-0.15, -0.1) is 0 Å². The smallest absolute Gasteiger partial charge is 0.279 e. The SMILES string of the molecule is CCCCCCCC(=O)NC(=S)NNC(=O)C(C)Oc1ccc2ccccc2c1. The van der Waals surface area contributed by atoms with Gasteiger partial charge in [0.15, 0.2) is 11.2 Å². The van der Waals surface area contributed by atoms with Crippen LogP contribution in [0.2, 0.25) is 0 Å². The first-order valence-electron chi connectivity index (χ1n) is 10.0. The monoisotopic (exact) mass is 415 g/mol. The summed E-state index contributed by atoms with van der Waals surface area (Å²) >= 11 is 5.04. The van der Waals surface area contributed by atoms with Crippen molar-refractivity contribution in [1.29, 1.82) is 0 Å². The van der Waals surface area contributed by atoms with Crippen LogP contribution in [0.25, 0.3) is 10.8 Å². The summed E-state index contributed by atoms with van der Waals surface area (Å²) in [7, 11) is 0. The van der Waals surface area contributed by atoms with Crippen LogP contribution >= 0.6 is 12.2 Å². The van der Waals surface area contributed by atoms with E-state index in [1.807, 2.05) is 42.5 Å². The Hall–Kier alpha value is -2.67. The van der Waals surface area contributed by atoms with E-state index in [0.29, 0.717) is 12.2 Å². The molecule has 2 aromatic rings. The van der Waals surface area contributed by atoms with Gasteiger partial charge in [-0.2, -0.15) is 0 Å². The Balaban J connectivity index is 1.70. The van der Waals surface area contributed by atoms with Crippen LogP contribution in [-0.4, -0.2) is 23.0 Å². The normalized spacial score (nSPS) is 11.5. The maximum atomic E-state index is 12.2. The number of amides is 2. The van der Waals surface area contributed by atoms with E-state index in [-0.39, 0.29) is 11.0 Å². The highest BCUT2D eigenvalue weighted by Gasteiger charge is 2.15. The topological polar surface area (TPSA) is 79.5 Å². The second kappa shape index (κ2) is 12.0. The van der Waals surface area contributed by atoms with Gasteiger partial charge in [0.2, 0.25) is 5.91 Å². The molecule has 0 saturated heterocycles. The summed E-state index contributed by atoms with van der Waals surface area (Å²) < 4.78 is 5.70. The van der Waals surface area contributed by atoms with Crippen LogP contribution in [0.4, 0.5) is 0 Å². The number of unbranched alkanes of at least 4 members (excludes halogenated alkanes) is 4. The maximum absolute atomic E-state index is 12.2. The second-order valence-corrected chi connectivity index (χ2v) is 7.33. The molecule has 0 aliphatic carbocycles. The number of hydrazine groups is 1. The molecule has 0 saturated carbocycles. The van der Waals surface area contributed by atoms with Gasteiger partial charge in [-0.25, -0.2) is 0 Å². The summed E-state index contributed by atoms with van der Waals surface area (Å²) in [5, 5.41) is 4.76. The molecule has 156 valence electrons. The molecule has 6 nitrogen and oxygen atoms in total. The van der Waals surface area contributed by atoms with Gasteiger partial charge in [0.1, 0.15) is 5.75 Å². The van der Waals surface area contributed by atoms with Crippen molar-refractivity contribution in [3.05, 3.63) is 42.5 Å². The number of rotatable bonds is 9. The Labute approximate surface area is 177 Å². The van der Waals surface area contributed by atoms with Gasteiger partial charge in [-0.05, 0) is 48.5 Å². The van der Waals surface area contributed by atoms with Crippen molar-refractivity contribution in [2.45, 2.75) is 58.5 Å². The lowest BCUT2D eigenvalue weighted by atomic mass is 10.1. The Bertz CT molecular complexity index is 841.